The predicted octanol–water partition coefficient (Wildman–Crippen LogP) is 2.24. The van der Waals surface area contributed by atoms with Gasteiger partial charge in [0.05, 0.1) is 12.2 Å². The van der Waals surface area contributed by atoms with Crippen molar-refractivity contribution in [2.75, 3.05) is 7.05 Å². The number of aromatic nitrogens is 2. The van der Waals surface area contributed by atoms with Gasteiger partial charge in [-0.2, -0.15) is 5.10 Å². The van der Waals surface area contributed by atoms with Gasteiger partial charge in [-0.1, -0.05) is 6.07 Å². The topological polar surface area (TPSA) is 29.9 Å². The minimum absolute atomic E-state index is 0.302. The van der Waals surface area contributed by atoms with E-state index in [4.69, 9.17) is 0 Å². The molecule has 0 aliphatic rings. The summed E-state index contributed by atoms with van der Waals surface area (Å²) >= 11 is 0. The molecule has 0 bridgehead atoms. The third-order valence-electron chi connectivity index (χ3n) is 2.76. The summed E-state index contributed by atoms with van der Waals surface area (Å²) in [4.78, 5) is 0. The molecule has 3 nitrogen and oxygen atoms in total. The van der Waals surface area contributed by atoms with Gasteiger partial charge in [-0.05, 0) is 20.0 Å². The van der Waals surface area contributed by atoms with E-state index in [1.807, 2.05) is 20.2 Å². The first-order valence-electron chi connectivity index (χ1n) is 5.71. The molecule has 0 unspecified atom stereocenters. The zero-order chi connectivity index (χ0) is 13.1. The van der Waals surface area contributed by atoms with Crippen LogP contribution in [0.5, 0.6) is 0 Å². The van der Waals surface area contributed by atoms with E-state index < -0.39 is 11.6 Å². The minimum atomic E-state index is -0.566. The van der Waals surface area contributed by atoms with Crippen LogP contribution in [0.25, 0.3) is 0 Å². The van der Waals surface area contributed by atoms with E-state index in [2.05, 4.69) is 10.4 Å². The number of hydrogen-bond acceptors (Lipinski definition) is 2. The van der Waals surface area contributed by atoms with Gasteiger partial charge in [-0.15, -0.1) is 0 Å². The molecular formula is C13H15F2N3. The number of halogens is 2. The van der Waals surface area contributed by atoms with Gasteiger partial charge in [-0.25, -0.2) is 8.78 Å². The fourth-order valence-electron chi connectivity index (χ4n) is 1.83. The van der Waals surface area contributed by atoms with Crippen LogP contribution in [0.3, 0.4) is 0 Å². The highest BCUT2D eigenvalue weighted by molar-refractivity contribution is 5.20. The van der Waals surface area contributed by atoms with Crippen molar-refractivity contribution in [1.29, 1.82) is 0 Å². The molecule has 1 N–H and O–H groups in total. The maximum atomic E-state index is 13.5. The van der Waals surface area contributed by atoms with Crippen LogP contribution in [-0.2, 0) is 13.1 Å². The van der Waals surface area contributed by atoms with Crippen LogP contribution >= 0.6 is 0 Å². The second-order valence-corrected chi connectivity index (χ2v) is 4.20. The maximum absolute atomic E-state index is 13.5. The molecule has 18 heavy (non-hydrogen) atoms. The molecule has 0 aliphatic heterocycles. The van der Waals surface area contributed by atoms with E-state index in [0.717, 1.165) is 23.9 Å². The van der Waals surface area contributed by atoms with Gasteiger partial charge in [-0.3, -0.25) is 4.68 Å². The largest absolute Gasteiger partial charge is 0.316 e. The third-order valence-corrected chi connectivity index (χ3v) is 2.76. The Kier molecular flexibility index (Phi) is 3.72. The van der Waals surface area contributed by atoms with Crippen LogP contribution in [0.15, 0.2) is 24.4 Å². The minimum Gasteiger partial charge on any atom is -0.316 e. The Morgan fingerprint density at radius 1 is 1.28 bits per heavy atom. The van der Waals surface area contributed by atoms with Crippen LogP contribution in [-0.4, -0.2) is 16.8 Å². The first kappa shape index (κ1) is 12.7. The van der Waals surface area contributed by atoms with Gasteiger partial charge >= 0.3 is 0 Å². The Balaban J connectivity index is 2.20. The summed E-state index contributed by atoms with van der Waals surface area (Å²) in [5.74, 6) is -1.11. The SMILES string of the molecule is CNCc1cn(Cc2ccc(F)cc2F)nc1C. The van der Waals surface area contributed by atoms with Gasteiger partial charge in [0.15, 0.2) is 0 Å². The van der Waals surface area contributed by atoms with Crippen molar-refractivity contribution in [3.05, 3.63) is 52.9 Å². The normalized spacial score (nSPS) is 10.9. The van der Waals surface area contributed by atoms with Crippen molar-refractivity contribution in [3.8, 4) is 0 Å². The van der Waals surface area contributed by atoms with Gasteiger partial charge in [0.25, 0.3) is 0 Å². The smallest absolute Gasteiger partial charge is 0.131 e. The Morgan fingerprint density at radius 2 is 2.06 bits per heavy atom. The highest BCUT2D eigenvalue weighted by Crippen LogP contribution is 2.12. The summed E-state index contributed by atoms with van der Waals surface area (Å²) in [5, 5.41) is 7.35. The Morgan fingerprint density at radius 3 is 2.72 bits per heavy atom. The number of nitrogens with zero attached hydrogens (tertiary/aromatic N) is 2. The zero-order valence-corrected chi connectivity index (χ0v) is 10.4. The molecule has 0 aliphatic carbocycles. The molecule has 0 amide bonds. The van der Waals surface area contributed by atoms with E-state index >= 15 is 0 Å². The summed E-state index contributed by atoms with van der Waals surface area (Å²) in [6.45, 7) is 2.93. The van der Waals surface area contributed by atoms with Crippen LogP contribution < -0.4 is 5.32 Å². The molecule has 2 aromatic rings. The van der Waals surface area contributed by atoms with Gasteiger partial charge < -0.3 is 5.32 Å². The number of benzene rings is 1. The lowest BCUT2D eigenvalue weighted by Gasteiger charge is -2.03. The first-order valence-corrected chi connectivity index (χ1v) is 5.71. The molecule has 0 saturated carbocycles. The van der Waals surface area contributed by atoms with E-state index in [1.54, 1.807) is 4.68 Å². The maximum Gasteiger partial charge on any atom is 0.131 e. The molecule has 0 fully saturated rings. The van der Waals surface area contributed by atoms with Crippen molar-refractivity contribution in [1.82, 2.24) is 15.1 Å². The molecule has 1 heterocycles. The van der Waals surface area contributed by atoms with Gasteiger partial charge in [0.1, 0.15) is 11.6 Å². The summed E-state index contributed by atoms with van der Waals surface area (Å²) in [6.07, 6.45) is 1.87. The fourth-order valence-corrected chi connectivity index (χ4v) is 1.83. The van der Waals surface area contributed by atoms with Crippen LogP contribution in [0.1, 0.15) is 16.8 Å². The third kappa shape index (κ3) is 2.73. The lowest BCUT2D eigenvalue weighted by molar-refractivity contribution is 0.557. The first-order chi connectivity index (χ1) is 8.60. The second kappa shape index (κ2) is 5.27. The zero-order valence-electron chi connectivity index (χ0n) is 10.4. The second-order valence-electron chi connectivity index (χ2n) is 4.20. The van der Waals surface area contributed by atoms with Crippen LogP contribution in [0, 0.1) is 18.6 Å². The monoisotopic (exact) mass is 251 g/mol. The Labute approximate surface area is 104 Å². The van der Waals surface area contributed by atoms with Crippen molar-refractivity contribution in [2.24, 2.45) is 0 Å². The number of hydrogen-bond donors (Lipinski definition) is 1. The molecule has 0 spiro atoms. The number of nitrogens with one attached hydrogen (secondary N) is 1. The highest BCUT2D eigenvalue weighted by atomic mass is 19.1. The van der Waals surface area contributed by atoms with E-state index in [0.29, 0.717) is 12.1 Å². The van der Waals surface area contributed by atoms with Gasteiger partial charge in [0.2, 0.25) is 0 Å². The molecule has 0 radical (unpaired) electrons. The number of rotatable bonds is 4. The molecule has 0 atom stereocenters. The Hall–Kier alpha value is -1.75. The lowest BCUT2D eigenvalue weighted by Crippen LogP contribution is -2.05. The van der Waals surface area contributed by atoms with Crippen molar-refractivity contribution in [3.63, 3.8) is 0 Å². The van der Waals surface area contributed by atoms with Crippen molar-refractivity contribution in [2.45, 2.75) is 20.0 Å². The molecule has 0 saturated heterocycles. The van der Waals surface area contributed by atoms with Crippen LogP contribution in [0.4, 0.5) is 8.78 Å². The fraction of sp³-hybridized carbons (Fsp3) is 0.308. The van der Waals surface area contributed by atoms with E-state index in [-0.39, 0.29) is 0 Å². The van der Waals surface area contributed by atoms with E-state index in [9.17, 15) is 8.78 Å². The van der Waals surface area contributed by atoms with Crippen molar-refractivity contribution < 1.29 is 8.78 Å². The quantitative estimate of drug-likeness (QED) is 0.903. The summed E-state index contributed by atoms with van der Waals surface area (Å²) in [5.41, 5.74) is 2.40. The average Bonchev–Trinajstić information content (AvgIpc) is 2.64. The summed E-state index contributed by atoms with van der Waals surface area (Å²) in [6, 6.07) is 3.59. The summed E-state index contributed by atoms with van der Waals surface area (Å²) in [7, 11) is 1.86. The standard InChI is InChI=1S/C13H15F2N3/c1-9-11(6-16-2)8-18(17-9)7-10-3-4-12(14)5-13(10)15/h3-5,8,16H,6-7H2,1-2H3. The van der Waals surface area contributed by atoms with Crippen LogP contribution in [0.2, 0.25) is 0 Å². The van der Waals surface area contributed by atoms with Gasteiger partial charge in [0, 0.05) is 29.9 Å². The molecule has 96 valence electrons. The summed E-state index contributed by atoms with van der Waals surface area (Å²) < 4.78 is 27.9. The molecule has 2 rings (SSSR count). The lowest BCUT2D eigenvalue weighted by atomic mass is 10.2. The average molecular weight is 251 g/mol. The van der Waals surface area contributed by atoms with Crippen molar-refractivity contribution >= 4 is 0 Å². The molecule has 1 aromatic heterocycles. The Bertz CT molecular complexity index is 549. The van der Waals surface area contributed by atoms with E-state index in [1.165, 1.54) is 12.1 Å². The number of aryl methyl sites for hydroxylation is 1. The molecule has 5 heteroatoms. The highest BCUT2D eigenvalue weighted by Gasteiger charge is 2.08. The molecular weight excluding hydrogens is 236 g/mol. The predicted molar refractivity (Wildman–Crippen MR) is 65.2 cm³/mol. The molecule has 1 aromatic carbocycles.